The molecule has 3 heteroatoms. The van der Waals surface area contributed by atoms with Gasteiger partial charge in [0.25, 0.3) is 0 Å². The van der Waals surface area contributed by atoms with Crippen molar-refractivity contribution >= 4 is 0 Å². The molecule has 0 aliphatic heterocycles. The fraction of sp³-hybridized carbons (Fsp3) is 0.750. The molecule has 15 heavy (non-hydrogen) atoms. The Morgan fingerprint density at radius 3 is 3.07 bits per heavy atom. The quantitative estimate of drug-likeness (QED) is 0.749. The van der Waals surface area contributed by atoms with Crippen molar-refractivity contribution in [3.8, 4) is 0 Å². The summed E-state index contributed by atoms with van der Waals surface area (Å²) in [5.41, 5.74) is 0. The first-order chi connectivity index (χ1) is 7.34. The summed E-state index contributed by atoms with van der Waals surface area (Å²) in [5, 5.41) is 3.64. The van der Waals surface area contributed by atoms with Gasteiger partial charge in [-0.05, 0) is 38.1 Å². The zero-order valence-corrected chi connectivity index (χ0v) is 9.52. The lowest BCUT2D eigenvalue weighted by atomic mass is 10.1. The van der Waals surface area contributed by atoms with Crippen molar-refractivity contribution in [1.29, 1.82) is 0 Å². The van der Waals surface area contributed by atoms with E-state index in [0.29, 0.717) is 0 Å². The Hall–Kier alpha value is -0.830. The number of hydrogen-bond donors (Lipinski definition) is 1. The van der Waals surface area contributed by atoms with E-state index in [2.05, 4.69) is 21.8 Å². The summed E-state index contributed by atoms with van der Waals surface area (Å²) in [6.45, 7) is 4.57. The van der Waals surface area contributed by atoms with Crippen LogP contribution in [0.25, 0.3) is 0 Å². The fourth-order valence-electron chi connectivity index (χ4n) is 2.38. The second-order valence-corrected chi connectivity index (χ2v) is 4.72. The van der Waals surface area contributed by atoms with Crippen LogP contribution in [-0.2, 0) is 6.54 Å². The second-order valence-electron chi connectivity index (χ2n) is 4.72. The predicted octanol–water partition coefficient (Wildman–Crippen LogP) is 2.05. The molecule has 1 N–H and O–H groups in total. The van der Waals surface area contributed by atoms with E-state index in [1.807, 2.05) is 18.7 Å². The minimum atomic E-state index is 0.780. The van der Waals surface area contributed by atoms with E-state index in [-0.39, 0.29) is 0 Å². The Balaban J connectivity index is 1.55. The maximum Gasteiger partial charge on any atom is 0.0945 e. The third-order valence-electron chi connectivity index (χ3n) is 3.28. The van der Waals surface area contributed by atoms with Gasteiger partial charge in [0.1, 0.15) is 0 Å². The van der Waals surface area contributed by atoms with Gasteiger partial charge in [0.15, 0.2) is 0 Å². The molecule has 1 aromatic heterocycles. The lowest BCUT2D eigenvalue weighted by Gasteiger charge is -2.12. The minimum absolute atomic E-state index is 0.780. The Morgan fingerprint density at radius 2 is 2.40 bits per heavy atom. The van der Waals surface area contributed by atoms with E-state index >= 15 is 0 Å². The van der Waals surface area contributed by atoms with Gasteiger partial charge in [0.05, 0.1) is 6.33 Å². The zero-order valence-electron chi connectivity index (χ0n) is 9.52. The summed E-state index contributed by atoms with van der Waals surface area (Å²) in [7, 11) is 0. The van der Waals surface area contributed by atoms with Crippen LogP contribution in [0, 0.1) is 5.92 Å². The first-order valence-corrected chi connectivity index (χ1v) is 6.03. The Kier molecular flexibility index (Phi) is 3.78. The van der Waals surface area contributed by atoms with E-state index in [1.165, 1.54) is 25.7 Å². The number of aromatic nitrogens is 2. The maximum absolute atomic E-state index is 4.03. The van der Waals surface area contributed by atoms with Gasteiger partial charge >= 0.3 is 0 Å². The SMILES string of the molecule is C[C@H]1CC[C@H](NCCCn2ccnc2)C1. The predicted molar refractivity (Wildman–Crippen MR) is 61.6 cm³/mol. The highest BCUT2D eigenvalue weighted by Gasteiger charge is 2.19. The first kappa shape index (κ1) is 10.7. The van der Waals surface area contributed by atoms with E-state index in [0.717, 1.165) is 25.0 Å². The van der Waals surface area contributed by atoms with Crippen molar-refractivity contribution in [1.82, 2.24) is 14.9 Å². The molecule has 1 aliphatic rings. The van der Waals surface area contributed by atoms with Crippen LogP contribution in [0.3, 0.4) is 0 Å². The lowest BCUT2D eigenvalue weighted by molar-refractivity contribution is 0.481. The van der Waals surface area contributed by atoms with Crippen LogP contribution in [0.2, 0.25) is 0 Å². The average molecular weight is 207 g/mol. The number of imidazole rings is 1. The number of hydrogen-bond acceptors (Lipinski definition) is 2. The topological polar surface area (TPSA) is 29.9 Å². The molecule has 0 bridgehead atoms. The van der Waals surface area contributed by atoms with Gasteiger partial charge in [-0.3, -0.25) is 0 Å². The molecule has 1 saturated carbocycles. The molecule has 0 radical (unpaired) electrons. The minimum Gasteiger partial charge on any atom is -0.337 e. The standard InChI is InChI=1S/C12H21N3/c1-11-3-4-12(9-11)14-5-2-7-15-8-6-13-10-15/h6,8,10-12,14H,2-5,7,9H2,1H3/t11-,12-/m0/s1. The third-order valence-corrected chi connectivity index (χ3v) is 3.28. The monoisotopic (exact) mass is 207 g/mol. The van der Waals surface area contributed by atoms with Crippen LogP contribution >= 0.6 is 0 Å². The van der Waals surface area contributed by atoms with Gasteiger partial charge in [-0.2, -0.15) is 0 Å². The molecular formula is C12H21N3. The van der Waals surface area contributed by atoms with Gasteiger partial charge in [0.2, 0.25) is 0 Å². The first-order valence-electron chi connectivity index (χ1n) is 6.03. The van der Waals surface area contributed by atoms with Crippen molar-refractivity contribution in [3.63, 3.8) is 0 Å². The molecule has 0 saturated heterocycles. The van der Waals surface area contributed by atoms with E-state index < -0.39 is 0 Å². The van der Waals surface area contributed by atoms with Crippen LogP contribution in [0.1, 0.15) is 32.6 Å². The molecule has 1 aliphatic carbocycles. The summed E-state index contributed by atoms with van der Waals surface area (Å²) < 4.78 is 2.14. The van der Waals surface area contributed by atoms with Gasteiger partial charge in [-0.1, -0.05) is 6.92 Å². The normalized spacial score (nSPS) is 25.9. The zero-order chi connectivity index (χ0) is 10.5. The fourth-order valence-corrected chi connectivity index (χ4v) is 2.38. The molecule has 2 atom stereocenters. The molecule has 2 rings (SSSR count). The molecule has 1 heterocycles. The number of rotatable bonds is 5. The van der Waals surface area contributed by atoms with Crippen LogP contribution in [-0.4, -0.2) is 22.1 Å². The summed E-state index contributed by atoms with van der Waals surface area (Å²) in [6, 6.07) is 0.780. The molecule has 1 aromatic rings. The van der Waals surface area contributed by atoms with E-state index in [4.69, 9.17) is 0 Å². The highest BCUT2D eigenvalue weighted by Crippen LogP contribution is 2.24. The third kappa shape index (κ3) is 3.34. The van der Waals surface area contributed by atoms with Crippen molar-refractivity contribution < 1.29 is 0 Å². The molecule has 0 amide bonds. The average Bonchev–Trinajstić information content (AvgIpc) is 2.84. The second kappa shape index (κ2) is 5.31. The number of nitrogens with one attached hydrogen (secondary N) is 1. The Morgan fingerprint density at radius 1 is 1.47 bits per heavy atom. The highest BCUT2D eigenvalue weighted by atomic mass is 15.0. The maximum atomic E-state index is 4.03. The summed E-state index contributed by atoms with van der Waals surface area (Å²) in [5.74, 6) is 0.927. The molecular weight excluding hydrogens is 186 g/mol. The smallest absolute Gasteiger partial charge is 0.0945 e. The largest absolute Gasteiger partial charge is 0.337 e. The molecule has 0 aromatic carbocycles. The van der Waals surface area contributed by atoms with Crippen molar-refractivity contribution in [2.45, 2.75) is 45.2 Å². The Labute approximate surface area is 91.9 Å². The van der Waals surface area contributed by atoms with Crippen molar-refractivity contribution in [2.75, 3.05) is 6.54 Å². The number of aryl methyl sites for hydroxylation is 1. The van der Waals surface area contributed by atoms with Crippen LogP contribution in [0.15, 0.2) is 18.7 Å². The number of nitrogens with zero attached hydrogens (tertiary/aromatic N) is 2. The molecule has 1 fully saturated rings. The summed E-state index contributed by atoms with van der Waals surface area (Å²) >= 11 is 0. The van der Waals surface area contributed by atoms with Crippen molar-refractivity contribution in [3.05, 3.63) is 18.7 Å². The van der Waals surface area contributed by atoms with Crippen molar-refractivity contribution in [2.24, 2.45) is 5.92 Å². The molecule has 3 nitrogen and oxygen atoms in total. The lowest BCUT2D eigenvalue weighted by Crippen LogP contribution is -2.27. The Bertz CT molecular complexity index is 268. The summed E-state index contributed by atoms with van der Waals surface area (Å²) in [4.78, 5) is 4.03. The van der Waals surface area contributed by atoms with Gasteiger partial charge in [-0.15, -0.1) is 0 Å². The van der Waals surface area contributed by atoms with E-state index in [9.17, 15) is 0 Å². The molecule has 0 spiro atoms. The summed E-state index contributed by atoms with van der Waals surface area (Å²) in [6.07, 6.45) is 11.1. The van der Waals surface area contributed by atoms with Crippen LogP contribution < -0.4 is 5.32 Å². The van der Waals surface area contributed by atoms with Gasteiger partial charge in [-0.25, -0.2) is 4.98 Å². The molecule has 0 unspecified atom stereocenters. The van der Waals surface area contributed by atoms with Crippen LogP contribution in [0.5, 0.6) is 0 Å². The van der Waals surface area contributed by atoms with E-state index in [1.54, 1.807) is 0 Å². The van der Waals surface area contributed by atoms with Crippen LogP contribution in [0.4, 0.5) is 0 Å². The van der Waals surface area contributed by atoms with Gasteiger partial charge < -0.3 is 9.88 Å². The highest BCUT2D eigenvalue weighted by molar-refractivity contribution is 4.78. The molecule has 84 valence electrons. The van der Waals surface area contributed by atoms with Gasteiger partial charge in [0, 0.05) is 25.0 Å².